The van der Waals surface area contributed by atoms with Gasteiger partial charge in [0, 0.05) is 54.6 Å². The maximum Gasteiger partial charge on any atom is 0.305 e. The number of hydrogen-bond donors (Lipinski definition) is 4. The third-order valence-electron chi connectivity index (χ3n) is 7.41. The van der Waals surface area contributed by atoms with Crippen LogP contribution in [0.25, 0.3) is 28.3 Å². The van der Waals surface area contributed by atoms with Gasteiger partial charge in [-0.25, -0.2) is 8.78 Å². The maximum absolute atomic E-state index is 14.3. The molecule has 0 saturated heterocycles. The van der Waals surface area contributed by atoms with Gasteiger partial charge in [0.25, 0.3) is 11.8 Å². The average molecular weight is 646 g/mol. The van der Waals surface area contributed by atoms with Crippen molar-refractivity contribution >= 4 is 29.5 Å². The average Bonchev–Trinajstić information content (AvgIpc) is 3.35. The molecule has 1 aromatic heterocycles. The highest BCUT2D eigenvalue weighted by molar-refractivity contribution is 6.12. The first-order valence-electron chi connectivity index (χ1n) is 15.0. The maximum atomic E-state index is 14.3. The Balaban J connectivity index is 1.96. The van der Waals surface area contributed by atoms with E-state index in [9.17, 15) is 33.4 Å². The highest BCUT2D eigenvalue weighted by atomic mass is 19.1. The van der Waals surface area contributed by atoms with E-state index in [1.807, 2.05) is 13.8 Å². The summed E-state index contributed by atoms with van der Waals surface area (Å²) >= 11 is 0. The van der Waals surface area contributed by atoms with Crippen LogP contribution in [0.5, 0.6) is 0 Å². The van der Waals surface area contributed by atoms with Gasteiger partial charge in [0.15, 0.2) is 0 Å². The van der Waals surface area contributed by atoms with Crippen molar-refractivity contribution in [3.8, 4) is 22.3 Å². The van der Waals surface area contributed by atoms with Gasteiger partial charge in [-0.05, 0) is 73.5 Å². The number of carbonyl (C=O) groups excluding carboxylic acids is 2. The molecule has 2 unspecified atom stereocenters. The topological polar surface area (TPSA) is 132 Å². The summed E-state index contributed by atoms with van der Waals surface area (Å²) in [5, 5.41) is 32.7. The van der Waals surface area contributed by atoms with Crippen LogP contribution >= 0.6 is 0 Å². The van der Waals surface area contributed by atoms with E-state index in [0.717, 1.165) is 0 Å². The van der Waals surface area contributed by atoms with Gasteiger partial charge in [-0.15, -0.1) is 0 Å². The van der Waals surface area contributed by atoms with Crippen molar-refractivity contribution in [2.75, 3.05) is 19.4 Å². The van der Waals surface area contributed by atoms with Crippen molar-refractivity contribution in [2.45, 2.75) is 44.9 Å². The molecule has 9 nitrogen and oxygen atoms in total. The molecule has 4 aromatic rings. The first-order chi connectivity index (χ1) is 22.3. The summed E-state index contributed by atoms with van der Waals surface area (Å²) in [5.74, 6) is -2.98. The largest absolute Gasteiger partial charge is 0.481 e. The Morgan fingerprint density at radius 3 is 2.00 bits per heavy atom. The van der Waals surface area contributed by atoms with Gasteiger partial charge in [0.2, 0.25) is 0 Å². The van der Waals surface area contributed by atoms with E-state index >= 15 is 0 Å². The molecule has 0 aliphatic rings. The van der Waals surface area contributed by atoms with E-state index in [1.165, 1.54) is 47.4 Å². The number of aliphatic carboxylic acids is 1. The van der Waals surface area contributed by atoms with Gasteiger partial charge < -0.3 is 30.1 Å². The van der Waals surface area contributed by atoms with E-state index in [0.29, 0.717) is 39.2 Å². The molecule has 246 valence electrons. The highest BCUT2D eigenvalue weighted by Gasteiger charge is 2.30. The Bertz CT molecular complexity index is 1780. The zero-order valence-corrected chi connectivity index (χ0v) is 26.4. The lowest BCUT2D eigenvalue weighted by Crippen LogP contribution is -2.22. The number of carboxylic acids is 1. The normalized spacial score (nSPS) is 12.7. The Labute approximate surface area is 271 Å². The minimum Gasteiger partial charge on any atom is -0.481 e. The van der Waals surface area contributed by atoms with Gasteiger partial charge >= 0.3 is 5.97 Å². The number of amides is 2. The van der Waals surface area contributed by atoms with E-state index < -0.39 is 42.1 Å². The van der Waals surface area contributed by atoms with Crippen LogP contribution in [0.15, 0.2) is 78.9 Å². The SMILES string of the molecule is CC(C)n1c(/C=C/C(O)CC(O)CC(=O)O)c(-c2ccc(F)cc2)c(-c2ccc(F)cc2)c1C(=O)Nc1cccc(C(=O)N(C)C)c1. The summed E-state index contributed by atoms with van der Waals surface area (Å²) in [7, 11) is 3.24. The summed E-state index contributed by atoms with van der Waals surface area (Å²) in [6.07, 6.45) is -0.391. The molecule has 0 bridgehead atoms. The summed E-state index contributed by atoms with van der Waals surface area (Å²) in [4.78, 5) is 39.4. The van der Waals surface area contributed by atoms with Crippen LogP contribution in [0.4, 0.5) is 14.5 Å². The number of anilines is 1. The molecule has 2 amide bonds. The highest BCUT2D eigenvalue weighted by Crippen LogP contribution is 2.43. The molecule has 0 spiro atoms. The van der Waals surface area contributed by atoms with E-state index in [2.05, 4.69) is 5.32 Å². The first kappa shape index (κ1) is 34.7. The predicted octanol–water partition coefficient (Wildman–Crippen LogP) is 6.24. The molecule has 4 rings (SSSR count). The summed E-state index contributed by atoms with van der Waals surface area (Å²) < 4.78 is 30.0. The second-order valence-corrected chi connectivity index (χ2v) is 11.6. The third kappa shape index (κ3) is 8.37. The molecule has 47 heavy (non-hydrogen) atoms. The number of carboxylic acid groups (broad SMARTS) is 1. The first-order valence-corrected chi connectivity index (χ1v) is 15.0. The number of hydrogen-bond acceptors (Lipinski definition) is 5. The van der Waals surface area contributed by atoms with Gasteiger partial charge in [0.05, 0.1) is 18.6 Å². The van der Waals surface area contributed by atoms with Crippen LogP contribution in [-0.4, -0.2) is 68.9 Å². The molecule has 2 atom stereocenters. The van der Waals surface area contributed by atoms with Gasteiger partial charge in [-0.2, -0.15) is 0 Å². The molecule has 0 fully saturated rings. The molecule has 0 aliphatic carbocycles. The van der Waals surface area contributed by atoms with Crippen LogP contribution in [0.3, 0.4) is 0 Å². The molecule has 0 saturated carbocycles. The van der Waals surface area contributed by atoms with Gasteiger partial charge in [-0.1, -0.05) is 36.4 Å². The van der Waals surface area contributed by atoms with Crippen molar-refractivity contribution < 1.29 is 38.5 Å². The predicted molar refractivity (Wildman–Crippen MR) is 176 cm³/mol. The van der Waals surface area contributed by atoms with Crippen LogP contribution in [0, 0.1) is 11.6 Å². The minimum absolute atomic E-state index is 0.176. The number of benzene rings is 3. The lowest BCUT2D eigenvalue weighted by atomic mass is 9.94. The van der Waals surface area contributed by atoms with Crippen LogP contribution in [0.1, 0.15) is 59.3 Å². The Morgan fingerprint density at radius 1 is 0.894 bits per heavy atom. The van der Waals surface area contributed by atoms with E-state index in [4.69, 9.17) is 5.11 Å². The lowest BCUT2D eigenvalue weighted by Gasteiger charge is -2.18. The molecule has 4 N–H and O–H groups in total. The van der Waals surface area contributed by atoms with Crippen molar-refractivity contribution in [2.24, 2.45) is 0 Å². The quantitative estimate of drug-likeness (QED) is 0.144. The summed E-state index contributed by atoms with van der Waals surface area (Å²) in [6.45, 7) is 3.70. The molecule has 11 heteroatoms. The zero-order valence-electron chi connectivity index (χ0n) is 26.4. The molecule has 0 aliphatic heterocycles. The number of halogens is 2. The standard InChI is InChI=1S/C36H37F2N3O6/c1-21(2)41-30(17-16-28(42)19-29(43)20-31(44)45)32(22-8-12-25(37)13-9-22)33(23-10-14-26(38)15-11-23)34(41)35(46)39-27-7-5-6-24(18-27)36(47)40(3)4/h5-18,21,28-29,42-43H,19-20H2,1-4H3,(H,39,46)(H,44,45)/b17-16+. The number of nitrogens with one attached hydrogen (secondary N) is 1. The number of aromatic nitrogens is 1. The van der Waals surface area contributed by atoms with Crippen molar-refractivity contribution in [1.29, 1.82) is 0 Å². The van der Waals surface area contributed by atoms with Crippen LogP contribution < -0.4 is 5.32 Å². The minimum atomic E-state index is -1.30. The zero-order chi connectivity index (χ0) is 34.4. The second kappa shape index (κ2) is 15.0. The van der Waals surface area contributed by atoms with E-state index in [-0.39, 0.29) is 24.1 Å². The smallest absolute Gasteiger partial charge is 0.305 e. The number of rotatable bonds is 12. The van der Waals surface area contributed by atoms with Crippen LogP contribution in [0.2, 0.25) is 0 Å². The van der Waals surface area contributed by atoms with Crippen molar-refractivity contribution in [3.05, 3.63) is 107 Å². The molecule has 0 radical (unpaired) electrons. The van der Waals surface area contributed by atoms with E-state index in [1.54, 1.807) is 61.1 Å². The molecular weight excluding hydrogens is 608 g/mol. The number of aliphatic hydroxyl groups excluding tert-OH is 2. The lowest BCUT2D eigenvalue weighted by molar-refractivity contribution is -0.139. The summed E-state index contributed by atoms with van der Waals surface area (Å²) in [5.41, 5.74) is 3.24. The Morgan fingerprint density at radius 2 is 1.47 bits per heavy atom. The Kier molecular flexibility index (Phi) is 11.1. The fourth-order valence-electron chi connectivity index (χ4n) is 5.36. The number of carbonyl (C=O) groups is 3. The van der Waals surface area contributed by atoms with Gasteiger partial charge in [0.1, 0.15) is 17.3 Å². The molecule has 1 heterocycles. The number of nitrogens with zero attached hydrogens (tertiary/aromatic N) is 2. The van der Waals surface area contributed by atoms with Crippen molar-refractivity contribution in [1.82, 2.24) is 9.47 Å². The number of aliphatic hydroxyl groups is 2. The Hall–Kier alpha value is -5.13. The second-order valence-electron chi connectivity index (χ2n) is 11.6. The third-order valence-corrected chi connectivity index (χ3v) is 7.41. The molecule has 3 aromatic carbocycles. The summed E-state index contributed by atoms with van der Waals surface area (Å²) in [6, 6.07) is 17.3. The van der Waals surface area contributed by atoms with Crippen molar-refractivity contribution in [3.63, 3.8) is 0 Å². The molecular formula is C36H37F2N3O6. The fourth-order valence-corrected chi connectivity index (χ4v) is 5.36. The fraction of sp³-hybridized carbons (Fsp3) is 0.250. The van der Waals surface area contributed by atoms with Crippen LogP contribution in [-0.2, 0) is 4.79 Å². The van der Waals surface area contributed by atoms with Gasteiger partial charge in [-0.3, -0.25) is 14.4 Å². The monoisotopic (exact) mass is 645 g/mol.